The van der Waals surface area contributed by atoms with Gasteiger partial charge in [0.2, 0.25) is 0 Å². The average molecular weight is 468 g/mol. The molecule has 0 unspecified atom stereocenters. The van der Waals surface area contributed by atoms with E-state index in [2.05, 4.69) is 74.6 Å². The van der Waals surface area contributed by atoms with Crippen LogP contribution in [0.5, 0.6) is 0 Å². The Balaban J connectivity index is 1.41. The van der Waals surface area contributed by atoms with Gasteiger partial charge in [0.1, 0.15) is 12.1 Å². The van der Waals surface area contributed by atoms with Crippen molar-refractivity contribution < 1.29 is 0 Å². The fraction of sp³-hybridized carbons (Fsp3) is 0.0769. The zero-order chi connectivity index (χ0) is 22.5. The Morgan fingerprint density at radius 3 is 2.45 bits per heavy atom. The van der Waals surface area contributed by atoms with Crippen LogP contribution in [0.1, 0.15) is 11.1 Å². The smallest absolute Gasteiger partial charge is 0.189 e. The monoisotopic (exact) mass is 467 g/mol. The van der Waals surface area contributed by atoms with Gasteiger partial charge in [0, 0.05) is 21.7 Å². The molecule has 0 aliphatic rings. The summed E-state index contributed by atoms with van der Waals surface area (Å²) in [5.74, 6) is 1.51. The minimum absolute atomic E-state index is 0.628. The highest BCUT2D eigenvalue weighted by Gasteiger charge is 2.11. The molecule has 162 valence electrons. The molecule has 0 atom stereocenters. The lowest BCUT2D eigenvalue weighted by atomic mass is 10.2. The molecule has 0 amide bonds. The molecule has 0 radical (unpaired) electrons. The van der Waals surface area contributed by atoms with Crippen molar-refractivity contribution in [3.05, 3.63) is 103 Å². The van der Waals surface area contributed by atoms with Crippen LogP contribution in [-0.2, 0) is 5.75 Å². The van der Waals surface area contributed by atoms with Crippen molar-refractivity contribution in [3.63, 3.8) is 0 Å². The SMILES string of the molecule is Cc1ccc(Sc2ccccc2)c(Nc2ncnc3nc(SCc4ccccc4)ncc23)c1. The van der Waals surface area contributed by atoms with Crippen molar-refractivity contribution in [1.29, 1.82) is 0 Å². The number of hydrogen-bond acceptors (Lipinski definition) is 7. The van der Waals surface area contributed by atoms with E-state index in [0.29, 0.717) is 16.6 Å². The van der Waals surface area contributed by atoms with Gasteiger partial charge in [-0.25, -0.2) is 19.9 Å². The van der Waals surface area contributed by atoms with Crippen LogP contribution < -0.4 is 5.32 Å². The summed E-state index contributed by atoms with van der Waals surface area (Å²) in [6, 6.07) is 27.0. The van der Waals surface area contributed by atoms with E-state index in [1.54, 1.807) is 36.0 Å². The maximum Gasteiger partial charge on any atom is 0.189 e. The molecule has 5 nitrogen and oxygen atoms in total. The van der Waals surface area contributed by atoms with Gasteiger partial charge in [0.05, 0.1) is 11.1 Å². The molecule has 5 rings (SSSR count). The first-order valence-corrected chi connectivity index (χ1v) is 12.3. The average Bonchev–Trinajstić information content (AvgIpc) is 2.86. The molecule has 3 aromatic carbocycles. The molecule has 0 fully saturated rings. The minimum atomic E-state index is 0.628. The highest BCUT2D eigenvalue weighted by molar-refractivity contribution is 7.99. The van der Waals surface area contributed by atoms with Crippen LogP contribution >= 0.6 is 23.5 Å². The van der Waals surface area contributed by atoms with Crippen LogP contribution in [0, 0.1) is 6.92 Å². The van der Waals surface area contributed by atoms with E-state index >= 15 is 0 Å². The highest BCUT2D eigenvalue weighted by Crippen LogP contribution is 2.36. The molecule has 7 heteroatoms. The molecule has 0 spiro atoms. The molecule has 2 heterocycles. The second-order valence-electron chi connectivity index (χ2n) is 7.43. The molecule has 33 heavy (non-hydrogen) atoms. The molecule has 5 aromatic rings. The summed E-state index contributed by atoms with van der Waals surface area (Å²) in [6.07, 6.45) is 3.35. The van der Waals surface area contributed by atoms with E-state index in [-0.39, 0.29) is 0 Å². The quantitative estimate of drug-likeness (QED) is 0.206. The van der Waals surface area contributed by atoms with Crippen molar-refractivity contribution in [1.82, 2.24) is 19.9 Å². The first kappa shape index (κ1) is 21.4. The molecular formula is C26H21N5S2. The first-order chi connectivity index (χ1) is 16.2. The topological polar surface area (TPSA) is 63.6 Å². The van der Waals surface area contributed by atoms with Gasteiger partial charge < -0.3 is 5.32 Å². The number of benzene rings is 3. The van der Waals surface area contributed by atoms with Crippen LogP contribution in [0.2, 0.25) is 0 Å². The van der Waals surface area contributed by atoms with E-state index in [0.717, 1.165) is 21.7 Å². The van der Waals surface area contributed by atoms with Gasteiger partial charge >= 0.3 is 0 Å². The van der Waals surface area contributed by atoms with Crippen LogP contribution in [0.4, 0.5) is 11.5 Å². The van der Waals surface area contributed by atoms with Gasteiger partial charge in [-0.2, -0.15) is 0 Å². The lowest BCUT2D eigenvalue weighted by Crippen LogP contribution is -2.00. The maximum atomic E-state index is 4.66. The fourth-order valence-corrected chi connectivity index (χ4v) is 4.97. The van der Waals surface area contributed by atoms with Crippen molar-refractivity contribution in [2.75, 3.05) is 5.32 Å². The standard InChI is InChI=1S/C26H21N5S2/c1-18-12-13-23(33-20-10-6-3-7-11-20)22(14-18)30-24-21-15-27-26(31-25(21)29-17-28-24)32-16-19-8-4-2-5-9-19/h2-15,17H,16H2,1H3,(H,27,28,29,30,31). The van der Waals surface area contributed by atoms with Crippen molar-refractivity contribution in [2.24, 2.45) is 0 Å². The van der Waals surface area contributed by atoms with Crippen LogP contribution in [0.3, 0.4) is 0 Å². The van der Waals surface area contributed by atoms with Crippen LogP contribution in [-0.4, -0.2) is 19.9 Å². The Morgan fingerprint density at radius 2 is 1.64 bits per heavy atom. The zero-order valence-electron chi connectivity index (χ0n) is 18.0. The summed E-state index contributed by atoms with van der Waals surface area (Å²) in [5.41, 5.74) is 4.03. The largest absolute Gasteiger partial charge is 0.339 e. The Kier molecular flexibility index (Phi) is 6.51. The lowest BCUT2D eigenvalue weighted by molar-refractivity contribution is 0.980. The number of aryl methyl sites for hydroxylation is 1. The Bertz CT molecular complexity index is 1380. The third kappa shape index (κ3) is 5.32. The van der Waals surface area contributed by atoms with Crippen molar-refractivity contribution in [2.45, 2.75) is 27.6 Å². The van der Waals surface area contributed by atoms with Gasteiger partial charge in [-0.1, -0.05) is 78.1 Å². The Hall–Kier alpha value is -3.42. The van der Waals surface area contributed by atoms with Crippen LogP contribution in [0.15, 0.2) is 106 Å². The third-order valence-electron chi connectivity index (χ3n) is 4.94. The number of fused-ring (bicyclic) bond motifs is 1. The second-order valence-corrected chi connectivity index (χ2v) is 9.48. The second kappa shape index (κ2) is 10.0. The summed E-state index contributed by atoms with van der Waals surface area (Å²) < 4.78 is 0. The molecule has 0 aliphatic carbocycles. The number of rotatable bonds is 7. The molecule has 0 saturated carbocycles. The molecule has 1 N–H and O–H groups in total. The molecule has 0 bridgehead atoms. The fourth-order valence-electron chi connectivity index (χ4n) is 3.30. The molecular weight excluding hydrogens is 446 g/mol. The van der Waals surface area contributed by atoms with Crippen molar-refractivity contribution >= 4 is 46.1 Å². The number of nitrogens with one attached hydrogen (secondary N) is 1. The zero-order valence-corrected chi connectivity index (χ0v) is 19.6. The number of aromatic nitrogens is 4. The third-order valence-corrected chi connectivity index (χ3v) is 6.95. The predicted molar refractivity (Wildman–Crippen MR) is 136 cm³/mol. The van der Waals surface area contributed by atoms with Gasteiger partial charge in [0.15, 0.2) is 10.8 Å². The number of anilines is 2. The normalized spacial score (nSPS) is 10.9. The summed E-state index contributed by atoms with van der Waals surface area (Å²) in [7, 11) is 0. The first-order valence-electron chi connectivity index (χ1n) is 10.5. The molecule has 0 aliphatic heterocycles. The predicted octanol–water partition coefficient (Wildman–Crippen LogP) is 6.92. The van der Waals surface area contributed by atoms with Crippen molar-refractivity contribution in [3.8, 4) is 0 Å². The lowest BCUT2D eigenvalue weighted by Gasteiger charge is -2.13. The van der Waals surface area contributed by atoms with E-state index in [4.69, 9.17) is 0 Å². The summed E-state index contributed by atoms with van der Waals surface area (Å²) in [5, 5.41) is 4.99. The molecule has 2 aromatic heterocycles. The van der Waals surface area contributed by atoms with Crippen LogP contribution in [0.25, 0.3) is 11.0 Å². The number of thioether (sulfide) groups is 1. The van der Waals surface area contributed by atoms with Gasteiger partial charge in [0.25, 0.3) is 0 Å². The summed E-state index contributed by atoms with van der Waals surface area (Å²) in [4.78, 5) is 20.4. The Morgan fingerprint density at radius 1 is 0.848 bits per heavy atom. The Labute approximate surface area is 201 Å². The van der Waals surface area contributed by atoms with Gasteiger partial charge in [-0.05, 0) is 42.3 Å². The van der Waals surface area contributed by atoms with E-state index in [9.17, 15) is 0 Å². The van der Waals surface area contributed by atoms with E-state index in [1.165, 1.54) is 16.0 Å². The van der Waals surface area contributed by atoms with Gasteiger partial charge in [-0.3, -0.25) is 0 Å². The number of hydrogen-bond donors (Lipinski definition) is 1. The molecule has 0 saturated heterocycles. The summed E-state index contributed by atoms with van der Waals surface area (Å²) in [6.45, 7) is 2.08. The van der Waals surface area contributed by atoms with Gasteiger partial charge in [-0.15, -0.1) is 0 Å². The number of nitrogens with zero attached hydrogens (tertiary/aromatic N) is 4. The van der Waals surface area contributed by atoms with E-state index in [1.807, 2.05) is 36.4 Å². The summed E-state index contributed by atoms with van der Waals surface area (Å²) >= 11 is 3.31. The maximum absolute atomic E-state index is 4.66. The highest BCUT2D eigenvalue weighted by atomic mass is 32.2. The van der Waals surface area contributed by atoms with E-state index < -0.39 is 0 Å². The minimum Gasteiger partial charge on any atom is -0.339 e.